The normalized spacial score (nSPS) is 17.4. The Bertz CT molecular complexity index is 438. The number of aromatic nitrogens is 1. The summed E-state index contributed by atoms with van der Waals surface area (Å²) in [6.45, 7) is 5.48. The molecule has 0 aromatic carbocycles. The molecule has 1 aromatic heterocycles. The van der Waals surface area contributed by atoms with Crippen LogP contribution in [0.2, 0.25) is 0 Å². The molecule has 6 heteroatoms. The molecule has 0 unspecified atom stereocenters. The van der Waals surface area contributed by atoms with E-state index in [0.717, 1.165) is 37.5 Å². The van der Waals surface area contributed by atoms with Crippen LogP contribution in [0, 0.1) is 6.92 Å². The second kappa shape index (κ2) is 7.15. The first kappa shape index (κ1) is 15.4. The molecular weight excluding hydrogens is 272 g/mol. The molecule has 2 rings (SSSR count). The average Bonchev–Trinajstić information content (AvgIpc) is 2.83. The van der Waals surface area contributed by atoms with E-state index >= 15 is 0 Å². The van der Waals surface area contributed by atoms with Crippen LogP contribution in [-0.2, 0) is 11.3 Å². The fourth-order valence-electron chi connectivity index (χ4n) is 2.34. The van der Waals surface area contributed by atoms with Gasteiger partial charge in [0.05, 0.1) is 6.54 Å². The number of likely N-dealkylation sites (N-methyl/N-ethyl adjacent to an activating group) is 1. The van der Waals surface area contributed by atoms with Crippen molar-refractivity contribution in [2.45, 2.75) is 32.4 Å². The Hall–Kier alpha value is -0.980. The molecule has 1 N–H and O–H groups in total. The van der Waals surface area contributed by atoms with E-state index in [2.05, 4.69) is 22.1 Å². The van der Waals surface area contributed by atoms with Crippen LogP contribution in [0.5, 0.6) is 0 Å². The lowest BCUT2D eigenvalue weighted by Crippen LogP contribution is -2.45. The van der Waals surface area contributed by atoms with Gasteiger partial charge in [0, 0.05) is 50.8 Å². The molecule has 2 heterocycles. The summed E-state index contributed by atoms with van der Waals surface area (Å²) in [6.07, 6.45) is 4.13. The zero-order chi connectivity index (χ0) is 14.5. The van der Waals surface area contributed by atoms with Crippen molar-refractivity contribution < 1.29 is 4.79 Å². The number of thiazole rings is 1. The largest absolute Gasteiger partial charge is 0.348 e. The number of carbonyl (C=O) groups is 1. The first-order valence-corrected chi connectivity index (χ1v) is 7.93. The Labute approximate surface area is 125 Å². The van der Waals surface area contributed by atoms with Gasteiger partial charge in [0.1, 0.15) is 5.01 Å². The van der Waals surface area contributed by atoms with Crippen molar-refractivity contribution >= 4 is 17.2 Å². The standard InChI is InChI=1S/C14H24N4OS/c1-11-8-16-13(20-11)9-15-12-4-6-18(7-5-12)10-14(19)17(2)3/h8,12,15H,4-7,9-10H2,1-3H3. The van der Waals surface area contributed by atoms with Crippen molar-refractivity contribution in [1.29, 1.82) is 0 Å². The minimum atomic E-state index is 0.190. The minimum Gasteiger partial charge on any atom is -0.348 e. The fourth-order valence-corrected chi connectivity index (χ4v) is 3.08. The third-order valence-corrected chi connectivity index (χ3v) is 4.57. The maximum absolute atomic E-state index is 11.7. The van der Waals surface area contributed by atoms with E-state index in [1.807, 2.05) is 20.3 Å². The molecule has 112 valence electrons. The Balaban J connectivity index is 1.68. The lowest BCUT2D eigenvalue weighted by molar-refractivity contribution is -0.130. The van der Waals surface area contributed by atoms with Gasteiger partial charge in [-0.3, -0.25) is 9.69 Å². The molecule has 1 aromatic rings. The van der Waals surface area contributed by atoms with Crippen molar-refractivity contribution in [1.82, 2.24) is 20.1 Å². The highest BCUT2D eigenvalue weighted by Crippen LogP contribution is 2.14. The summed E-state index contributed by atoms with van der Waals surface area (Å²) in [6, 6.07) is 0.546. The number of nitrogens with one attached hydrogen (secondary N) is 1. The summed E-state index contributed by atoms with van der Waals surface area (Å²) in [5.74, 6) is 0.190. The van der Waals surface area contributed by atoms with Gasteiger partial charge in [-0.15, -0.1) is 11.3 Å². The number of likely N-dealkylation sites (tertiary alicyclic amines) is 1. The van der Waals surface area contributed by atoms with E-state index in [9.17, 15) is 4.79 Å². The number of hydrogen-bond acceptors (Lipinski definition) is 5. The van der Waals surface area contributed by atoms with Gasteiger partial charge in [-0.25, -0.2) is 4.98 Å². The van der Waals surface area contributed by atoms with Crippen molar-refractivity contribution in [2.24, 2.45) is 0 Å². The maximum atomic E-state index is 11.7. The summed E-state index contributed by atoms with van der Waals surface area (Å²) in [5, 5.41) is 4.73. The van der Waals surface area contributed by atoms with Crippen molar-refractivity contribution in [2.75, 3.05) is 33.7 Å². The number of carbonyl (C=O) groups excluding carboxylic acids is 1. The van der Waals surface area contributed by atoms with E-state index in [0.29, 0.717) is 12.6 Å². The first-order chi connectivity index (χ1) is 9.54. The monoisotopic (exact) mass is 296 g/mol. The third-order valence-electron chi connectivity index (χ3n) is 3.66. The summed E-state index contributed by atoms with van der Waals surface area (Å²) in [7, 11) is 3.62. The van der Waals surface area contributed by atoms with Crippen LogP contribution in [0.1, 0.15) is 22.7 Å². The summed E-state index contributed by atoms with van der Waals surface area (Å²) < 4.78 is 0. The fraction of sp³-hybridized carbons (Fsp3) is 0.714. The molecule has 20 heavy (non-hydrogen) atoms. The van der Waals surface area contributed by atoms with Gasteiger partial charge in [-0.2, -0.15) is 0 Å². The maximum Gasteiger partial charge on any atom is 0.236 e. The Morgan fingerprint density at radius 2 is 2.20 bits per heavy atom. The summed E-state index contributed by atoms with van der Waals surface area (Å²) in [5.41, 5.74) is 0. The van der Waals surface area contributed by atoms with Crippen LogP contribution >= 0.6 is 11.3 Å². The van der Waals surface area contributed by atoms with E-state index in [1.165, 1.54) is 4.88 Å². The molecular formula is C14H24N4OS. The summed E-state index contributed by atoms with van der Waals surface area (Å²) in [4.78, 5) is 21.2. The topological polar surface area (TPSA) is 48.5 Å². The van der Waals surface area contributed by atoms with Gasteiger partial charge in [-0.1, -0.05) is 0 Å². The Morgan fingerprint density at radius 3 is 2.75 bits per heavy atom. The Kier molecular flexibility index (Phi) is 5.51. The number of nitrogens with zero attached hydrogens (tertiary/aromatic N) is 3. The number of hydrogen-bond donors (Lipinski definition) is 1. The number of rotatable bonds is 5. The molecule has 0 bridgehead atoms. The van der Waals surface area contributed by atoms with E-state index in [-0.39, 0.29) is 5.91 Å². The molecule has 0 atom stereocenters. The van der Waals surface area contributed by atoms with E-state index in [4.69, 9.17) is 0 Å². The second-order valence-electron chi connectivity index (χ2n) is 5.58. The lowest BCUT2D eigenvalue weighted by Gasteiger charge is -2.32. The predicted molar refractivity (Wildman–Crippen MR) is 81.8 cm³/mol. The van der Waals surface area contributed by atoms with Gasteiger partial charge in [-0.05, 0) is 19.8 Å². The van der Waals surface area contributed by atoms with Gasteiger partial charge in [0.25, 0.3) is 0 Å². The molecule has 0 aliphatic carbocycles. The highest BCUT2D eigenvalue weighted by Gasteiger charge is 2.21. The van der Waals surface area contributed by atoms with Gasteiger partial charge in [0.2, 0.25) is 5.91 Å². The third kappa shape index (κ3) is 4.54. The Morgan fingerprint density at radius 1 is 1.50 bits per heavy atom. The van der Waals surface area contributed by atoms with Crippen LogP contribution in [0.3, 0.4) is 0 Å². The van der Waals surface area contributed by atoms with Crippen molar-refractivity contribution in [3.8, 4) is 0 Å². The molecule has 1 saturated heterocycles. The molecule has 1 aliphatic heterocycles. The zero-order valence-electron chi connectivity index (χ0n) is 12.6. The van der Waals surface area contributed by atoms with Gasteiger partial charge in [0.15, 0.2) is 0 Å². The summed E-state index contributed by atoms with van der Waals surface area (Å²) >= 11 is 1.75. The number of piperidine rings is 1. The second-order valence-corrected chi connectivity index (χ2v) is 6.90. The molecule has 0 spiro atoms. The number of amides is 1. The minimum absolute atomic E-state index is 0.190. The lowest BCUT2D eigenvalue weighted by atomic mass is 10.1. The van der Waals surface area contributed by atoms with Crippen molar-refractivity contribution in [3.05, 3.63) is 16.1 Å². The van der Waals surface area contributed by atoms with Crippen LogP contribution in [0.15, 0.2) is 6.20 Å². The smallest absolute Gasteiger partial charge is 0.236 e. The highest BCUT2D eigenvalue weighted by molar-refractivity contribution is 7.11. The quantitative estimate of drug-likeness (QED) is 0.884. The SMILES string of the molecule is Cc1cnc(CNC2CCN(CC(=O)N(C)C)CC2)s1. The average molecular weight is 296 g/mol. The van der Waals surface area contributed by atoms with E-state index < -0.39 is 0 Å². The molecule has 1 fully saturated rings. The van der Waals surface area contributed by atoms with Crippen LogP contribution in [-0.4, -0.2) is 60.5 Å². The van der Waals surface area contributed by atoms with Crippen LogP contribution in [0.25, 0.3) is 0 Å². The number of aryl methyl sites for hydroxylation is 1. The molecule has 5 nitrogen and oxygen atoms in total. The van der Waals surface area contributed by atoms with Crippen LogP contribution < -0.4 is 5.32 Å². The predicted octanol–water partition coefficient (Wildman–Crippen LogP) is 1.09. The van der Waals surface area contributed by atoms with Gasteiger partial charge < -0.3 is 10.2 Å². The molecule has 0 saturated carbocycles. The first-order valence-electron chi connectivity index (χ1n) is 7.12. The molecule has 0 radical (unpaired) electrons. The van der Waals surface area contributed by atoms with Crippen molar-refractivity contribution in [3.63, 3.8) is 0 Å². The zero-order valence-corrected chi connectivity index (χ0v) is 13.4. The molecule has 1 aliphatic rings. The van der Waals surface area contributed by atoms with E-state index in [1.54, 1.807) is 16.2 Å². The highest BCUT2D eigenvalue weighted by atomic mass is 32.1. The van der Waals surface area contributed by atoms with Crippen LogP contribution in [0.4, 0.5) is 0 Å². The van der Waals surface area contributed by atoms with Gasteiger partial charge >= 0.3 is 0 Å². The molecule has 1 amide bonds.